The molecule has 1 amide bonds. The Kier molecular flexibility index (Phi) is 5.41. The first-order valence-corrected chi connectivity index (χ1v) is 10.3. The summed E-state index contributed by atoms with van der Waals surface area (Å²) in [6.45, 7) is 5.16. The van der Waals surface area contributed by atoms with E-state index < -0.39 is 5.60 Å². The SMILES string of the molecule is COc1ccc2c(c1)OC1(CCN(C(=O)COc3ccc(C)c(C)c3)CC1)CC2=O. The molecule has 0 saturated carbocycles. The van der Waals surface area contributed by atoms with Gasteiger partial charge >= 0.3 is 0 Å². The molecule has 1 fully saturated rings. The van der Waals surface area contributed by atoms with E-state index in [1.165, 1.54) is 5.56 Å². The number of likely N-dealkylation sites (tertiary alicyclic amines) is 1. The number of piperidine rings is 1. The average Bonchev–Trinajstić information content (AvgIpc) is 2.74. The van der Waals surface area contributed by atoms with E-state index in [1.807, 2.05) is 32.0 Å². The molecule has 4 rings (SSSR count). The molecule has 2 heterocycles. The lowest BCUT2D eigenvalue weighted by Gasteiger charge is -2.43. The zero-order valence-corrected chi connectivity index (χ0v) is 17.7. The summed E-state index contributed by atoms with van der Waals surface area (Å²) in [4.78, 5) is 27.1. The van der Waals surface area contributed by atoms with Crippen molar-refractivity contribution >= 4 is 11.7 Å². The summed E-state index contributed by atoms with van der Waals surface area (Å²) >= 11 is 0. The summed E-state index contributed by atoms with van der Waals surface area (Å²) in [6.07, 6.45) is 1.57. The van der Waals surface area contributed by atoms with Crippen molar-refractivity contribution in [2.75, 3.05) is 26.8 Å². The largest absolute Gasteiger partial charge is 0.497 e. The molecular weight excluding hydrogens is 382 g/mol. The Morgan fingerprint density at radius 2 is 1.80 bits per heavy atom. The van der Waals surface area contributed by atoms with Crippen molar-refractivity contribution in [3.8, 4) is 17.2 Å². The molecule has 2 aromatic rings. The third kappa shape index (κ3) is 3.99. The highest BCUT2D eigenvalue weighted by atomic mass is 16.5. The molecule has 30 heavy (non-hydrogen) atoms. The number of aryl methyl sites for hydroxylation is 2. The number of fused-ring (bicyclic) bond motifs is 1. The van der Waals surface area contributed by atoms with E-state index in [0.717, 1.165) is 5.56 Å². The maximum atomic E-state index is 12.7. The Bertz CT molecular complexity index is 976. The van der Waals surface area contributed by atoms with Gasteiger partial charge in [0.15, 0.2) is 12.4 Å². The molecule has 0 bridgehead atoms. The zero-order chi connectivity index (χ0) is 21.3. The van der Waals surface area contributed by atoms with Crippen molar-refractivity contribution in [3.63, 3.8) is 0 Å². The third-order valence-electron chi connectivity index (χ3n) is 6.17. The molecule has 2 aromatic carbocycles. The lowest BCUT2D eigenvalue weighted by atomic mass is 9.82. The number of carbonyl (C=O) groups excluding carboxylic acids is 2. The Morgan fingerprint density at radius 1 is 1.07 bits per heavy atom. The van der Waals surface area contributed by atoms with E-state index in [9.17, 15) is 9.59 Å². The van der Waals surface area contributed by atoms with Crippen LogP contribution < -0.4 is 14.2 Å². The highest BCUT2D eigenvalue weighted by Crippen LogP contribution is 2.40. The van der Waals surface area contributed by atoms with Crippen LogP contribution in [0.3, 0.4) is 0 Å². The molecular formula is C24H27NO5. The molecule has 0 atom stereocenters. The highest BCUT2D eigenvalue weighted by Gasteiger charge is 2.43. The van der Waals surface area contributed by atoms with Crippen LogP contribution in [0.2, 0.25) is 0 Å². The van der Waals surface area contributed by atoms with Gasteiger partial charge in [0.25, 0.3) is 5.91 Å². The van der Waals surface area contributed by atoms with Crippen molar-refractivity contribution < 1.29 is 23.8 Å². The number of hydrogen-bond acceptors (Lipinski definition) is 5. The number of methoxy groups -OCH3 is 1. The van der Waals surface area contributed by atoms with Crippen LogP contribution in [0.5, 0.6) is 17.2 Å². The van der Waals surface area contributed by atoms with Crippen molar-refractivity contribution in [2.45, 2.75) is 38.7 Å². The third-order valence-corrected chi connectivity index (χ3v) is 6.17. The maximum Gasteiger partial charge on any atom is 0.260 e. The number of nitrogens with zero attached hydrogens (tertiary/aromatic N) is 1. The Labute approximate surface area is 176 Å². The lowest BCUT2D eigenvalue weighted by Crippen LogP contribution is -2.53. The van der Waals surface area contributed by atoms with Gasteiger partial charge in [-0.2, -0.15) is 0 Å². The van der Waals surface area contributed by atoms with Crippen LogP contribution in [0.1, 0.15) is 40.7 Å². The van der Waals surface area contributed by atoms with Gasteiger partial charge in [0.05, 0.1) is 19.1 Å². The first-order valence-electron chi connectivity index (χ1n) is 10.3. The number of ether oxygens (including phenoxy) is 3. The standard InChI is InChI=1S/C24H27NO5/c1-16-4-5-19(12-17(16)2)29-15-23(27)25-10-8-24(9-11-25)14-21(26)20-7-6-18(28-3)13-22(20)30-24/h4-7,12-13H,8-11,14-15H2,1-3H3. The van der Waals surface area contributed by atoms with Gasteiger partial charge in [-0.3, -0.25) is 9.59 Å². The molecule has 1 spiro atoms. The van der Waals surface area contributed by atoms with Gasteiger partial charge in [-0.1, -0.05) is 6.07 Å². The summed E-state index contributed by atoms with van der Waals surface area (Å²) in [6, 6.07) is 11.1. The molecule has 158 valence electrons. The fraction of sp³-hybridized carbons (Fsp3) is 0.417. The summed E-state index contributed by atoms with van der Waals surface area (Å²) in [5, 5.41) is 0. The maximum absolute atomic E-state index is 12.7. The molecule has 6 nitrogen and oxygen atoms in total. The van der Waals surface area contributed by atoms with Crippen molar-refractivity contribution in [3.05, 3.63) is 53.1 Å². The molecule has 0 aliphatic carbocycles. The first-order chi connectivity index (χ1) is 14.4. The molecule has 6 heteroatoms. The number of hydrogen-bond donors (Lipinski definition) is 0. The smallest absolute Gasteiger partial charge is 0.260 e. The summed E-state index contributed by atoms with van der Waals surface area (Å²) in [5.41, 5.74) is 2.37. The van der Waals surface area contributed by atoms with Gasteiger partial charge in [-0.15, -0.1) is 0 Å². The molecule has 2 aliphatic rings. The van der Waals surface area contributed by atoms with Crippen LogP contribution >= 0.6 is 0 Å². The zero-order valence-electron chi connectivity index (χ0n) is 17.7. The van der Waals surface area contributed by atoms with Gasteiger partial charge in [0, 0.05) is 32.0 Å². The Balaban J connectivity index is 1.36. The fourth-order valence-electron chi connectivity index (χ4n) is 4.08. The predicted molar refractivity (Wildman–Crippen MR) is 113 cm³/mol. The second kappa shape index (κ2) is 8.01. The summed E-state index contributed by atoms with van der Waals surface area (Å²) in [7, 11) is 1.59. The van der Waals surface area contributed by atoms with Crippen molar-refractivity contribution in [1.82, 2.24) is 4.90 Å². The minimum Gasteiger partial charge on any atom is -0.497 e. The van der Waals surface area contributed by atoms with Gasteiger partial charge < -0.3 is 19.1 Å². The van der Waals surface area contributed by atoms with E-state index in [4.69, 9.17) is 14.2 Å². The van der Waals surface area contributed by atoms with E-state index in [2.05, 4.69) is 0 Å². The minimum atomic E-state index is -0.553. The molecule has 0 radical (unpaired) electrons. The second-order valence-corrected chi connectivity index (χ2v) is 8.16. The number of rotatable bonds is 4. The minimum absolute atomic E-state index is 0.00925. The quantitative estimate of drug-likeness (QED) is 0.770. The second-order valence-electron chi connectivity index (χ2n) is 8.16. The number of carbonyl (C=O) groups is 2. The van der Waals surface area contributed by atoms with Gasteiger partial charge in [0.1, 0.15) is 22.8 Å². The monoisotopic (exact) mass is 409 g/mol. The summed E-state index contributed by atoms with van der Waals surface area (Å²) in [5.74, 6) is 1.97. The van der Waals surface area contributed by atoms with Gasteiger partial charge in [-0.05, 0) is 49.2 Å². The Morgan fingerprint density at radius 3 is 2.50 bits per heavy atom. The number of amides is 1. The molecule has 0 N–H and O–H groups in total. The van der Waals surface area contributed by atoms with E-state index in [0.29, 0.717) is 55.2 Å². The number of Topliss-reactive ketones (excluding diaryl/α,β-unsaturated/α-hetero) is 1. The Hall–Kier alpha value is -3.02. The van der Waals surface area contributed by atoms with E-state index in [-0.39, 0.29) is 18.3 Å². The topological polar surface area (TPSA) is 65.1 Å². The van der Waals surface area contributed by atoms with Crippen LogP contribution in [0, 0.1) is 13.8 Å². The normalized spacial score (nSPS) is 17.3. The fourth-order valence-corrected chi connectivity index (χ4v) is 4.08. The summed E-state index contributed by atoms with van der Waals surface area (Å²) < 4.78 is 17.2. The van der Waals surface area contributed by atoms with Crippen LogP contribution in [0.4, 0.5) is 0 Å². The average molecular weight is 409 g/mol. The molecule has 0 aromatic heterocycles. The van der Waals surface area contributed by atoms with Crippen LogP contribution in [0.25, 0.3) is 0 Å². The van der Waals surface area contributed by atoms with Gasteiger partial charge in [0.2, 0.25) is 0 Å². The van der Waals surface area contributed by atoms with Crippen molar-refractivity contribution in [2.24, 2.45) is 0 Å². The van der Waals surface area contributed by atoms with E-state index in [1.54, 1.807) is 30.2 Å². The van der Waals surface area contributed by atoms with Crippen molar-refractivity contribution in [1.29, 1.82) is 0 Å². The highest BCUT2D eigenvalue weighted by molar-refractivity contribution is 6.00. The first kappa shape index (κ1) is 20.3. The van der Waals surface area contributed by atoms with Crippen LogP contribution in [0.15, 0.2) is 36.4 Å². The van der Waals surface area contributed by atoms with Crippen LogP contribution in [-0.2, 0) is 4.79 Å². The molecule has 2 aliphatic heterocycles. The number of ketones is 1. The lowest BCUT2D eigenvalue weighted by molar-refractivity contribution is -0.136. The van der Waals surface area contributed by atoms with Gasteiger partial charge in [-0.25, -0.2) is 0 Å². The van der Waals surface area contributed by atoms with Crippen LogP contribution in [-0.4, -0.2) is 49.0 Å². The molecule has 0 unspecified atom stereocenters. The van der Waals surface area contributed by atoms with E-state index >= 15 is 0 Å². The number of benzene rings is 2. The molecule has 1 saturated heterocycles. The predicted octanol–water partition coefficient (Wildman–Crippen LogP) is 3.72.